The molecule has 0 radical (unpaired) electrons. The van der Waals surface area contributed by atoms with Crippen molar-refractivity contribution in [2.75, 3.05) is 0 Å². The lowest BCUT2D eigenvalue weighted by Crippen LogP contribution is -1.70. The predicted octanol–water partition coefficient (Wildman–Crippen LogP) is 1.67. The fourth-order valence-corrected chi connectivity index (χ4v) is 0. The van der Waals surface area contributed by atoms with Crippen molar-refractivity contribution in [2.24, 2.45) is 5.73 Å². The van der Waals surface area contributed by atoms with Crippen LogP contribution in [0.15, 0.2) is 24.9 Å². The standard InChI is InChI=1S/C3H7N.C3H6/c1-2-3-4;1-3-2/h2-3H,4H2,1H3;3H,1H2,2H3. The molecular formula is C6H13N. The van der Waals surface area contributed by atoms with Gasteiger partial charge in [0.05, 0.1) is 0 Å². The SMILES string of the molecule is C=CC.CC=CN. The van der Waals surface area contributed by atoms with Crippen LogP contribution in [0.25, 0.3) is 0 Å². The minimum atomic E-state index is 1.50. The second-order valence-electron chi connectivity index (χ2n) is 0.934. The Morgan fingerprint density at radius 2 is 1.57 bits per heavy atom. The second kappa shape index (κ2) is 18.6. The van der Waals surface area contributed by atoms with Gasteiger partial charge in [0.15, 0.2) is 0 Å². The van der Waals surface area contributed by atoms with E-state index < -0.39 is 0 Å². The van der Waals surface area contributed by atoms with Gasteiger partial charge < -0.3 is 5.73 Å². The van der Waals surface area contributed by atoms with Crippen molar-refractivity contribution in [1.29, 1.82) is 0 Å². The predicted molar refractivity (Wildman–Crippen MR) is 34.9 cm³/mol. The number of hydrogen-bond acceptors (Lipinski definition) is 1. The quantitative estimate of drug-likeness (QED) is 0.459. The Morgan fingerprint density at radius 1 is 1.43 bits per heavy atom. The zero-order chi connectivity index (χ0) is 6.12. The monoisotopic (exact) mass is 99.1 g/mol. The van der Waals surface area contributed by atoms with Crippen molar-refractivity contribution in [3.63, 3.8) is 0 Å². The van der Waals surface area contributed by atoms with Crippen molar-refractivity contribution in [1.82, 2.24) is 0 Å². The van der Waals surface area contributed by atoms with Crippen LogP contribution in [-0.2, 0) is 0 Å². The van der Waals surface area contributed by atoms with Crippen molar-refractivity contribution < 1.29 is 0 Å². The number of rotatable bonds is 0. The van der Waals surface area contributed by atoms with Gasteiger partial charge in [0.25, 0.3) is 0 Å². The lowest BCUT2D eigenvalue weighted by molar-refractivity contribution is 1.55. The summed E-state index contributed by atoms with van der Waals surface area (Å²) in [6.07, 6.45) is 5.03. The molecule has 0 aromatic rings. The smallest absolute Gasteiger partial charge is 0.0106 e. The summed E-state index contributed by atoms with van der Waals surface area (Å²) in [5, 5.41) is 0. The molecule has 0 aliphatic heterocycles. The summed E-state index contributed by atoms with van der Waals surface area (Å²) < 4.78 is 0. The summed E-state index contributed by atoms with van der Waals surface area (Å²) in [7, 11) is 0. The molecule has 0 aliphatic rings. The molecule has 0 fully saturated rings. The van der Waals surface area contributed by atoms with Crippen LogP contribution in [-0.4, -0.2) is 0 Å². The van der Waals surface area contributed by atoms with E-state index in [9.17, 15) is 0 Å². The van der Waals surface area contributed by atoms with E-state index in [0.29, 0.717) is 0 Å². The maximum Gasteiger partial charge on any atom is -0.0106 e. The van der Waals surface area contributed by atoms with Gasteiger partial charge in [-0.25, -0.2) is 0 Å². The molecule has 0 rings (SSSR count). The molecule has 0 spiro atoms. The van der Waals surface area contributed by atoms with Gasteiger partial charge in [0, 0.05) is 0 Å². The highest BCUT2D eigenvalue weighted by atomic mass is 14.5. The zero-order valence-electron chi connectivity index (χ0n) is 5.02. The molecule has 42 valence electrons. The summed E-state index contributed by atoms with van der Waals surface area (Å²) in [5.74, 6) is 0. The van der Waals surface area contributed by atoms with Gasteiger partial charge in [0.2, 0.25) is 0 Å². The number of nitrogens with two attached hydrogens (primary N) is 1. The van der Waals surface area contributed by atoms with E-state index in [0.717, 1.165) is 0 Å². The van der Waals surface area contributed by atoms with E-state index in [2.05, 4.69) is 6.58 Å². The Morgan fingerprint density at radius 3 is 1.57 bits per heavy atom. The Hall–Kier alpha value is -0.720. The van der Waals surface area contributed by atoms with E-state index in [1.165, 1.54) is 6.20 Å². The van der Waals surface area contributed by atoms with Gasteiger partial charge in [-0.1, -0.05) is 12.2 Å². The molecule has 0 atom stereocenters. The van der Waals surface area contributed by atoms with Gasteiger partial charge in [-0.2, -0.15) is 0 Å². The molecule has 0 bridgehead atoms. The lowest BCUT2D eigenvalue weighted by atomic mass is 10.7. The van der Waals surface area contributed by atoms with Crippen molar-refractivity contribution in [2.45, 2.75) is 13.8 Å². The van der Waals surface area contributed by atoms with Crippen molar-refractivity contribution in [3.8, 4) is 0 Å². The van der Waals surface area contributed by atoms with Crippen LogP contribution in [0.3, 0.4) is 0 Å². The summed E-state index contributed by atoms with van der Waals surface area (Å²) >= 11 is 0. The molecule has 7 heavy (non-hydrogen) atoms. The number of hydrogen-bond donors (Lipinski definition) is 1. The van der Waals surface area contributed by atoms with Crippen LogP contribution < -0.4 is 5.73 Å². The first-order chi connectivity index (χ1) is 3.33. The van der Waals surface area contributed by atoms with Crippen molar-refractivity contribution in [3.05, 3.63) is 24.9 Å². The van der Waals surface area contributed by atoms with Crippen molar-refractivity contribution >= 4 is 0 Å². The summed E-state index contributed by atoms with van der Waals surface area (Å²) in [6, 6.07) is 0. The minimum Gasteiger partial charge on any atom is -0.405 e. The minimum absolute atomic E-state index is 1.50. The molecule has 0 heterocycles. The largest absolute Gasteiger partial charge is 0.405 e. The zero-order valence-corrected chi connectivity index (χ0v) is 5.02. The Kier molecular flexibility index (Phi) is 25.4. The van der Waals surface area contributed by atoms with Crippen LogP contribution in [0.4, 0.5) is 0 Å². The van der Waals surface area contributed by atoms with E-state index in [-0.39, 0.29) is 0 Å². The van der Waals surface area contributed by atoms with Crippen LogP contribution in [0.5, 0.6) is 0 Å². The maximum atomic E-state index is 4.85. The Bertz CT molecular complexity index is 42.1. The first-order valence-corrected chi connectivity index (χ1v) is 2.23. The van der Waals surface area contributed by atoms with E-state index in [1.807, 2.05) is 13.8 Å². The molecule has 0 amide bonds. The number of allylic oxidation sites excluding steroid dienone is 2. The molecular weight excluding hydrogens is 86.1 g/mol. The molecule has 1 nitrogen and oxygen atoms in total. The van der Waals surface area contributed by atoms with Gasteiger partial charge in [-0.15, -0.1) is 6.58 Å². The average Bonchev–Trinajstić information content (AvgIpc) is 1.69. The molecule has 0 aromatic heterocycles. The third-order valence-corrected chi connectivity index (χ3v) is 0.192. The van der Waals surface area contributed by atoms with E-state index >= 15 is 0 Å². The fraction of sp³-hybridized carbons (Fsp3) is 0.333. The highest BCUT2D eigenvalue weighted by Crippen LogP contribution is 1.47. The first kappa shape index (κ1) is 9.56. The molecule has 2 N–H and O–H groups in total. The Balaban J connectivity index is 0. The van der Waals surface area contributed by atoms with Crippen LogP contribution in [0.2, 0.25) is 0 Å². The molecule has 0 aliphatic carbocycles. The lowest BCUT2D eigenvalue weighted by Gasteiger charge is -1.53. The van der Waals surface area contributed by atoms with Gasteiger partial charge in [-0.05, 0) is 20.0 Å². The third kappa shape index (κ3) is 725. The van der Waals surface area contributed by atoms with Gasteiger partial charge >= 0.3 is 0 Å². The maximum absolute atomic E-state index is 4.85. The van der Waals surface area contributed by atoms with E-state index in [1.54, 1.807) is 12.2 Å². The van der Waals surface area contributed by atoms with Crippen LogP contribution in [0.1, 0.15) is 13.8 Å². The molecule has 0 saturated carbocycles. The summed E-state index contributed by atoms with van der Waals surface area (Å²) in [5.41, 5.74) is 4.85. The fourth-order valence-electron chi connectivity index (χ4n) is 0. The third-order valence-electron chi connectivity index (χ3n) is 0.192. The van der Waals surface area contributed by atoms with Gasteiger partial charge in [0.1, 0.15) is 0 Å². The molecule has 1 heteroatoms. The summed E-state index contributed by atoms with van der Waals surface area (Å²) in [6.45, 7) is 7.12. The Labute approximate surface area is 45.5 Å². The van der Waals surface area contributed by atoms with E-state index in [4.69, 9.17) is 5.73 Å². The van der Waals surface area contributed by atoms with Crippen LogP contribution >= 0.6 is 0 Å². The highest BCUT2D eigenvalue weighted by molar-refractivity contribution is 4.66. The molecule has 0 aromatic carbocycles. The normalized spacial score (nSPS) is 7.14. The summed E-state index contributed by atoms with van der Waals surface area (Å²) in [4.78, 5) is 0. The average molecular weight is 99.2 g/mol. The van der Waals surface area contributed by atoms with Crippen LogP contribution in [0, 0.1) is 0 Å². The second-order valence-corrected chi connectivity index (χ2v) is 0.934. The first-order valence-electron chi connectivity index (χ1n) is 2.23. The highest BCUT2D eigenvalue weighted by Gasteiger charge is 1.32. The topological polar surface area (TPSA) is 26.0 Å². The molecule has 0 saturated heterocycles. The van der Waals surface area contributed by atoms with Gasteiger partial charge in [-0.3, -0.25) is 0 Å². The molecule has 0 unspecified atom stereocenters.